The number of phenols is 1. The minimum atomic E-state index is -1.65. The third-order valence-electron chi connectivity index (χ3n) is 3.85. The van der Waals surface area contributed by atoms with Gasteiger partial charge in [-0.15, -0.1) is 4.37 Å². The van der Waals surface area contributed by atoms with Gasteiger partial charge in [-0.2, -0.15) is 5.26 Å². The number of aromatic hydroxyl groups is 1. The molecule has 0 aliphatic carbocycles. The molecular formula is C18H17N5O2S. The zero-order chi connectivity index (χ0) is 18.5. The van der Waals surface area contributed by atoms with E-state index in [0.717, 1.165) is 12.0 Å². The van der Waals surface area contributed by atoms with E-state index >= 15 is 0 Å². The molecule has 0 bridgehead atoms. The van der Waals surface area contributed by atoms with E-state index in [2.05, 4.69) is 19.1 Å². The van der Waals surface area contributed by atoms with Crippen LogP contribution in [0, 0.1) is 11.3 Å². The second kappa shape index (κ2) is 7.82. The molecule has 1 heterocycles. The number of H-pyrrole nitrogens is 1. The van der Waals surface area contributed by atoms with Crippen LogP contribution in [0.3, 0.4) is 0 Å². The minimum absolute atomic E-state index is 0.125. The van der Waals surface area contributed by atoms with Crippen LogP contribution in [0.2, 0.25) is 0 Å². The monoisotopic (exact) mass is 367 g/mol. The lowest BCUT2D eigenvalue weighted by atomic mass is 10.1. The first-order valence-electron chi connectivity index (χ1n) is 8.01. The Kier molecular flexibility index (Phi) is 5.31. The SMILES string of the molecule is CC[C@@H](N=c1[nH][s+]([O-])nc1Nc1cccc(C#N)c1O)c1ccccc1. The number of para-hydroxylation sites is 1. The molecule has 0 saturated heterocycles. The van der Waals surface area contributed by atoms with Gasteiger partial charge < -0.3 is 15.0 Å². The molecule has 3 rings (SSSR count). The first-order chi connectivity index (χ1) is 12.6. The Morgan fingerprint density at radius 1 is 1.31 bits per heavy atom. The standard InChI is InChI=1S/C18H17N5O2S/c1-2-14(12-7-4-3-5-8-12)20-17-18(23-26(25)22-17)21-15-10-6-9-13(11-19)16(15)24/h3-10,14,24H,2H2,1H3,(H,20,22)(H,21,23)/t14-,26?/m1/s1. The molecule has 1 unspecified atom stereocenters. The van der Waals surface area contributed by atoms with Gasteiger partial charge in [-0.1, -0.05) is 43.3 Å². The summed E-state index contributed by atoms with van der Waals surface area (Å²) in [5, 5.41) is 22.1. The molecule has 0 radical (unpaired) electrons. The summed E-state index contributed by atoms with van der Waals surface area (Å²) in [5.74, 6) is 0.0629. The van der Waals surface area contributed by atoms with Crippen LogP contribution in [-0.4, -0.2) is 18.4 Å². The van der Waals surface area contributed by atoms with Gasteiger partial charge in [0.25, 0.3) is 0 Å². The number of hydrogen-bond acceptors (Lipinski definition) is 6. The summed E-state index contributed by atoms with van der Waals surface area (Å²) in [6.07, 6.45) is 0.754. The first-order valence-corrected chi connectivity index (χ1v) is 9.12. The van der Waals surface area contributed by atoms with Crippen LogP contribution < -0.4 is 10.8 Å². The third kappa shape index (κ3) is 3.74. The average Bonchev–Trinajstić information content (AvgIpc) is 3.01. The van der Waals surface area contributed by atoms with Crippen molar-refractivity contribution < 1.29 is 9.66 Å². The number of nitriles is 1. The summed E-state index contributed by atoms with van der Waals surface area (Å²) in [7, 11) is 0. The Morgan fingerprint density at radius 2 is 2.08 bits per heavy atom. The van der Waals surface area contributed by atoms with Gasteiger partial charge in [0.1, 0.15) is 6.07 Å². The molecule has 1 aromatic heterocycles. The quantitative estimate of drug-likeness (QED) is 0.471. The molecule has 0 saturated carbocycles. The van der Waals surface area contributed by atoms with E-state index in [-0.39, 0.29) is 23.2 Å². The van der Waals surface area contributed by atoms with Gasteiger partial charge in [0, 0.05) is 4.37 Å². The predicted octanol–water partition coefficient (Wildman–Crippen LogP) is 3.51. The van der Waals surface area contributed by atoms with Crippen molar-refractivity contribution in [3.63, 3.8) is 0 Å². The van der Waals surface area contributed by atoms with E-state index in [1.54, 1.807) is 12.1 Å². The largest absolute Gasteiger partial charge is 0.548 e. The van der Waals surface area contributed by atoms with Crippen molar-refractivity contribution in [3.8, 4) is 11.8 Å². The first kappa shape index (κ1) is 17.7. The van der Waals surface area contributed by atoms with Crippen LogP contribution in [0.4, 0.5) is 11.5 Å². The second-order valence-electron chi connectivity index (χ2n) is 5.54. The van der Waals surface area contributed by atoms with Crippen molar-refractivity contribution >= 4 is 22.6 Å². The fraction of sp³-hybridized carbons (Fsp3) is 0.167. The molecule has 0 aliphatic heterocycles. The number of aromatic nitrogens is 2. The van der Waals surface area contributed by atoms with E-state index in [1.807, 2.05) is 43.3 Å². The number of phenolic OH excluding ortho intramolecular Hbond substituents is 1. The molecule has 3 N–H and O–H groups in total. The summed E-state index contributed by atoms with van der Waals surface area (Å²) in [6.45, 7) is 2.01. The van der Waals surface area contributed by atoms with Crippen molar-refractivity contribution in [2.24, 2.45) is 4.99 Å². The smallest absolute Gasteiger partial charge is 0.236 e. The number of rotatable bonds is 5. The van der Waals surface area contributed by atoms with E-state index in [9.17, 15) is 9.66 Å². The van der Waals surface area contributed by atoms with E-state index in [1.165, 1.54) is 6.07 Å². The van der Waals surface area contributed by atoms with Crippen molar-refractivity contribution in [1.82, 2.24) is 8.75 Å². The van der Waals surface area contributed by atoms with Crippen molar-refractivity contribution in [2.45, 2.75) is 19.4 Å². The number of hydrogen-bond donors (Lipinski definition) is 3. The van der Waals surface area contributed by atoms with Gasteiger partial charge >= 0.3 is 0 Å². The Hall–Kier alpha value is -3.15. The Labute approximate surface area is 153 Å². The molecule has 0 fully saturated rings. The van der Waals surface area contributed by atoms with Crippen LogP contribution >= 0.6 is 11.1 Å². The van der Waals surface area contributed by atoms with Gasteiger partial charge in [-0.3, -0.25) is 4.99 Å². The van der Waals surface area contributed by atoms with E-state index < -0.39 is 11.1 Å². The highest BCUT2D eigenvalue weighted by Gasteiger charge is 2.15. The third-order valence-corrected chi connectivity index (χ3v) is 4.56. The lowest BCUT2D eigenvalue weighted by Gasteiger charge is -2.09. The molecule has 3 aromatic rings. The van der Waals surface area contributed by atoms with Crippen molar-refractivity contribution in [3.05, 3.63) is 65.1 Å². The molecule has 8 heteroatoms. The normalized spacial score (nSPS) is 13.3. The van der Waals surface area contributed by atoms with E-state index in [4.69, 9.17) is 5.26 Å². The fourth-order valence-electron chi connectivity index (χ4n) is 2.54. The summed E-state index contributed by atoms with van der Waals surface area (Å²) in [5.41, 5.74) is 1.82. The fourth-order valence-corrected chi connectivity index (χ4v) is 3.20. The maximum atomic E-state index is 11.8. The van der Waals surface area contributed by atoms with Crippen molar-refractivity contribution in [1.29, 1.82) is 5.26 Å². The Balaban J connectivity index is 2.00. The Morgan fingerprint density at radius 3 is 2.77 bits per heavy atom. The Bertz CT molecular complexity index is 1000. The molecular weight excluding hydrogens is 350 g/mol. The molecule has 7 nitrogen and oxygen atoms in total. The number of benzene rings is 2. The van der Waals surface area contributed by atoms with Crippen molar-refractivity contribution in [2.75, 3.05) is 5.32 Å². The van der Waals surface area contributed by atoms with Gasteiger partial charge in [0.2, 0.25) is 11.3 Å². The van der Waals surface area contributed by atoms with Crippen LogP contribution in [0.1, 0.15) is 30.5 Å². The lowest BCUT2D eigenvalue weighted by Crippen LogP contribution is -2.11. The summed E-state index contributed by atoms with van der Waals surface area (Å²) in [6, 6.07) is 16.3. The van der Waals surface area contributed by atoms with Crippen LogP contribution in [0.5, 0.6) is 5.75 Å². The number of nitrogens with zero attached hydrogens (tertiary/aromatic N) is 3. The highest BCUT2D eigenvalue weighted by molar-refractivity contribution is 7.13. The van der Waals surface area contributed by atoms with Gasteiger partial charge in [0.15, 0.2) is 16.9 Å². The summed E-state index contributed by atoms with van der Waals surface area (Å²) >= 11 is -1.65. The molecule has 132 valence electrons. The summed E-state index contributed by atoms with van der Waals surface area (Å²) in [4.78, 5) is 4.64. The van der Waals surface area contributed by atoms with Gasteiger partial charge in [-0.05, 0) is 24.1 Å². The minimum Gasteiger partial charge on any atom is -0.548 e. The van der Waals surface area contributed by atoms with Gasteiger partial charge in [-0.25, -0.2) is 0 Å². The van der Waals surface area contributed by atoms with E-state index in [0.29, 0.717) is 11.2 Å². The van der Waals surface area contributed by atoms with Crippen LogP contribution in [0.15, 0.2) is 53.5 Å². The number of aromatic amines is 1. The average molecular weight is 367 g/mol. The molecule has 2 atom stereocenters. The highest BCUT2D eigenvalue weighted by atomic mass is 32.2. The van der Waals surface area contributed by atoms with Crippen LogP contribution in [0.25, 0.3) is 0 Å². The maximum absolute atomic E-state index is 11.8. The maximum Gasteiger partial charge on any atom is 0.236 e. The zero-order valence-electron chi connectivity index (χ0n) is 14.0. The summed E-state index contributed by atoms with van der Waals surface area (Å²) < 4.78 is 18.5. The van der Waals surface area contributed by atoms with Crippen LogP contribution in [-0.2, 0) is 0 Å². The van der Waals surface area contributed by atoms with Gasteiger partial charge in [0.05, 0.1) is 17.3 Å². The molecule has 0 amide bonds. The molecule has 0 spiro atoms. The predicted molar refractivity (Wildman–Crippen MR) is 98.4 cm³/mol. The molecule has 26 heavy (non-hydrogen) atoms. The lowest BCUT2D eigenvalue weighted by molar-refractivity contribution is 0.476. The number of nitrogens with one attached hydrogen (secondary N) is 2. The topological polar surface area (TPSA) is 120 Å². The molecule has 0 aliphatic rings. The second-order valence-corrected chi connectivity index (χ2v) is 6.43. The highest BCUT2D eigenvalue weighted by Crippen LogP contribution is 2.29. The number of anilines is 2. The zero-order valence-corrected chi connectivity index (χ0v) is 14.8. The molecule has 2 aromatic carbocycles.